The Hall–Kier alpha value is -2.89. The van der Waals surface area contributed by atoms with Gasteiger partial charge >= 0.3 is 0 Å². The number of rotatable bonds is 8. The van der Waals surface area contributed by atoms with Crippen LogP contribution in [0.5, 0.6) is 0 Å². The minimum atomic E-state index is -0.280. The van der Waals surface area contributed by atoms with Crippen LogP contribution >= 0.6 is 0 Å². The lowest BCUT2D eigenvalue weighted by Crippen LogP contribution is -2.33. The lowest BCUT2D eigenvalue weighted by atomic mass is 10.1. The predicted molar refractivity (Wildman–Crippen MR) is 106 cm³/mol. The van der Waals surface area contributed by atoms with Crippen molar-refractivity contribution in [2.45, 2.75) is 19.8 Å². The molecule has 0 bridgehead atoms. The summed E-state index contributed by atoms with van der Waals surface area (Å²) in [5, 5.41) is 2.85. The van der Waals surface area contributed by atoms with Gasteiger partial charge in [0, 0.05) is 51.9 Å². The number of carbonyl (C=O) groups is 2. The first kappa shape index (κ1) is 20.4. The molecule has 0 aliphatic rings. The van der Waals surface area contributed by atoms with Crippen LogP contribution in [-0.4, -0.2) is 43.9 Å². The van der Waals surface area contributed by atoms with Crippen molar-refractivity contribution in [3.63, 3.8) is 0 Å². The van der Waals surface area contributed by atoms with Crippen LogP contribution in [-0.2, 0) is 16.0 Å². The molecule has 0 aliphatic heterocycles. The van der Waals surface area contributed by atoms with E-state index in [9.17, 15) is 14.0 Å². The SMILES string of the molecule is CC(=O)N(CCC(=O)Nc1ccc(N(C)C)cc1)CCc1ccc(F)cc1. The molecule has 0 spiro atoms. The smallest absolute Gasteiger partial charge is 0.226 e. The molecule has 2 aromatic carbocycles. The maximum absolute atomic E-state index is 13.0. The number of hydrogen-bond donors (Lipinski definition) is 1. The minimum absolute atomic E-state index is 0.0831. The summed E-state index contributed by atoms with van der Waals surface area (Å²) in [6.45, 7) is 2.33. The highest BCUT2D eigenvalue weighted by molar-refractivity contribution is 5.91. The van der Waals surface area contributed by atoms with Crippen molar-refractivity contribution in [3.05, 3.63) is 59.9 Å². The van der Waals surface area contributed by atoms with Crippen molar-refractivity contribution in [1.82, 2.24) is 4.90 Å². The van der Waals surface area contributed by atoms with Gasteiger partial charge in [0.25, 0.3) is 0 Å². The number of carbonyl (C=O) groups excluding carboxylic acids is 2. The number of nitrogens with one attached hydrogen (secondary N) is 1. The van der Waals surface area contributed by atoms with Crippen LogP contribution in [0.4, 0.5) is 15.8 Å². The number of hydrogen-bond acceptors (Lipinski definition) is 3. The molecule has 0 unspecified atom stereocenters. The molecule has 5 nitrogen and oxygen atoms in total. The molecule has 0 heterocycles. The van der Waals surface area contributed by atoms with Gasteiger partial charge in [-0.25, -0.2) is 4.39 Å². The van der Waals surface area contributed by atoms with Crippen molar-refractivity contribution in [1.29, 1.82) is 0 Å². The molecule has 0 aromatic heterocycles. The fourth-order valence-electron chi connectivity index (χ4n) is 2.64. The second-order valence-corrected chi connectivity index (χ2v) is 6.62. The van der Waals surface area contributed by atoms with Gasteiger partial charge in [0.05, 0.1) is 0 Å². The maximum atomic E-state index is 13.0. The lowest BCUT2D eigenvalue weighted by Gasteiger charge is -2.21. The van der Waals surface area contributed by atoms with Crippen LogP contribution in [0.25, 0.3) is 0 Å². The first-order valence-electron chi connectivity index (χ1n) is 8.92. The van der Waals surface area contributed by atoms with Crippen LogP contribution in [0.1, 0.15) is 18.9 Å². The highest BCUT2D eigenvalue weighted by atomic mass is 19.1. The van der Waals surface area contributed by atoms with E-state index in [1.165, 1.54) is 19.1 Å². The summed E-state index contributed by atoms with van der Waals surface area (Å²) in [7, 11) is 3.91. The quantitative estimate of drug-likeness (QED) is 0.775. The average molecular weight is 371 g/mol. The third-order valence-corrected chi connectivity index (χ3v) is 4.31. The summed E-state index contributed by atoms with van der Waals surface area (Å²) in [5.41, 5.74) is 2.73. The van der Waals surface area contributed by atoms with Gasteiger partial charge < -0.3 is 15.1 Å². The lowest BCUT2D eigenvalue weighted by molar-refractivity contribution is -0.129. The van der Waals surface area contributed by atoms with E-state index in [1.54, 1.807) is 17.0 Å². The van der Waals surface area contributed by atoms with Crippen molar-refractivity contribution in [2.24, 2.45) is 0 Å². The second kappa shape index (κ2) is 9.71. The molecule has 6 heteroatoms. The van der Waals surface area contributed by atoms with Crippen LogP contribution in [0.15, 0.2) is 48.5 Å². The molecule has 0 saturated carbocycles. The van der Waals surface area contributed by atoms with E-state index in [4.69, 9.17) is 0 Å². The van der Waals surface area contributed by atoms with Gasteiger partial charge in [-0.15, -0.1) is 0 Å². The average Bonchev–Trinajstić information content (AvgIpc) is 2.63. The van der Waals surface area contributed by atoms with Gasteiger partial charge in [0.15, 0.2) is 0 Å². The molecule has 0 fully saturated rings. The number of anilines is 2. The highest BCUT2D eigenvalue weighted by Gasteiger charge is 2.12. The summed E-state index contributed by atoms with van der Waals surface area (Å²) >= 11 is 0. The summed E-state index contributed by atoms with van der Waals surface area (Å²) in [5.74, 6) is -0.502. The molecule has 2 rings (SSSR count). The van der Waals surface area contributed by atoms with E-state index in [-0.39, 0.29) is 24.1 Å². The highest BCUT2D eigenvalue weighted by Crippen LogP contribution is 2.15. The standard InChI is InChI=1S/C21H26FN3O2/c1-16(26)25(14-12-17-4-6-18(22)7-5-17)15-13-21(27)23-19-8-10-20(11-9-19)24(2)3/h4-11H,12-15H2,1-3H3,(H,23,27). The maximum Gasteiger partial charge on any atom is 0.226 e. The van der Waals surface area contributed by atoms with Crippen molar-refractivity contribution < 1.29 is 14.0 Å². The zero-order chi connectivity index (χ0) is 19.8. The van der Waals surface area contributed by atoms with Gasteiger partial charge in [-0.05, 0) is 48.4 Å². The zero-order valence-electron chi connectivity index (χ0n) is 16.0. The van der Waals surface area contributed by atoms with Gasteiger partial charge in [0.1, 0.15) is 5.82 Å². The molecule has 27 heavy (non-hydrogen) atoms. The molecule has 144 valence electrons. The Bertz CT molecular complexity index is 758. The molecule has 0 atom stereocenters. The third-order valence-electron chi connectivity index (χ3n) is 4.31. The summed E-state index contributed by atoms with van der Waals surface area (Å²) in [6, 6.07) is 13.8. The topological polar surface area (TPSA) is 52.7 Å². The molecule has 0 aliphatic carbocycles. The molecular weight excluding hydrogens is 345 g/mol. The van der Waals surface area contributed by atoms with E-state index >= 15 is 0 Å². The van der Waals surface area contributed by atoms with Crippen LogP contribution < -0.4 is 10.2 Å². The van der Waals surface area contributed by atoms with E-state index in [1.807, 2.05) is 43.3 Å². The van der Waals surface area contributed by atoms with Crippen LogP contribution in [0, 0.1) is 5.82 Å². The van der Waals surface area contributed by atoms with E-state index in [0.717, 1.165) is 16.9 Å². The summed E-state index contributed by atoms with van der Waals surface area (Å²) in [4.78, 5) is 27.6. The Labute approximate surface area is 159 Å². The van der Waals surface area contributed by atoms with E-state index < -0.39 is 0 Å². The third kappa shape index (κ3) is 6.73. The number of halogens is 1. The van der Waals surface area contributed by atoms with Crippen molar-refractivity contribution >= 4 is 23.2 Å². The van der Waals surface area contributed by atoms with Gasteiger partial charge in [-0.2, -0.15) is 0 Å². The van der Waals surface area contributed by atoms with Gasteiger partial charge in [-0.1, -0.05) is 12.1 Å². The molecule has 1 N–H and O–H groups in total. The fraction of sp³-hybridized carbons (Fsp3) is 0.333. The first-order chi connectivity index (χ1) is 12.8. The normalized spacial score (nSPS) is 10.4. The zero-order valence-corrected chi connectivity index (χ0v) is 16.0. The molecule has 2 amide bonds. The monoisotopic (exact) mass is 371 g/mol. The van der Waals surface area contributed by atoms with Gasteiger partial charge in [-0.3, -0.25) is 9.59 Å². The summed E-state index contributed by atoms with van der Waals surface area (Å²) in [6.07, 6.45) is 0.839. The Morgan fingerprint density at radius 1 is 0.963 bits per heavy atom. The Balaban J connectivity index is 1.82. The predicted octanol–water partition coefficient (Wildman–Crippen LogP) is 3.31. The first-order valence-corrected chi connectivity index (χ1v) is 8.92. The minimum Gasteiger partial charge on any atom is -0.378 e. The Morgan fingerprint density at radius 3 is 2.15 bits per heavy atom. The number of benzene rings is 2. The number of amides is 2. The molecule has 2 aromatic rings. The fourth-order valence-corrected chi connectivity index (χ4v) is 2.64. The molecule has 0 saturated heterocycles. The second-order valence-electron chi connectivity index (χ2n) is 6.62. The largest absolute Gasteiger partial charge is 0.378 e. The molecule has 0 radical (unpaired) electrons. The molecular formula is C21H26FN3O2. The van der Waals surface area contributed by atoms with Crippen molar-refractivity contribution in [2.75, 3.05) is 37.4 Å². The van der Waals surface area contributed by atoms with Crippen molar-refractivity contribution in [3.8, 4) is 0 Å². The van der Waals surface area contributed by atoms with Crippen LogP contribution in [0.2, 0.25) is 0 Å². The van der Waals surface area contributed by atoms with E-state index in [2.05, 4.69) is 5.32 Å². The van der Waals surface area contributed by atoms with E-state index in [0.29, 0.717) is 19.5 Å². The summed E-state index contributed by atoms with van der Waals surface area (Å²) < 4.78 is 13.0. The van der Waals surface area contributed by atoms with Gasteiger partial charge in [0.2, 0.25) is 11.8 Å². The van der Waals surface area contributed by atoms with Crippen LogP contribution in [0.3, 0.4) is 0 Å². The Morgan fingerprint density at radius 2 is 1.59 bits per heavy atom. The number of nitrogens with zero attached hydrogens (tertiary/aromatic N) is 2. The Kier molecular flexibility index (Phi) is 7.34.